The molecule has 0 saturated heterocycles. The second-order valence-electron chi connectivity index (χ2n) is 7.09. The molecule has 0 aliphatic heterocycles. The van der Waals surface area contributed by atoms with Gasteiger partial charge >= 0.3 is 0 Å². The summed E-state index contributed by atoms with van der Waals surface area (Å²) in [4.78, 5) is 2.15. The average Bonchev–Trinajstić information content (AvgIpc) is 2.72. The summed E-state index contributed by atoms with van der Waals surface area (Å²) in [5, 5.41) is 3.39. The fourth-order valence-electron chi connectivity index (χ4n) is 2.79. The van der Waals surface area contributed by atoms with Crippen molar-refractivity contribution in [3.63, 3.8) is 0 Å². The number of benzene rings is 3. The topological polar surface area (TPSA) is 33.7 Å². The van der Waals surface area contributed by atoms with Crippen molar-refractivity contribution in [2.45, 2.75) is 13.0 Å². The van der Waals surface area contributed by atoms with E-state index in [2.05, 4.69) is 36.4 Å². The van der Waals surface area contributed by atoms with Crippen LogP contribution in [0, 0.1) is 5.82 Å². The Bertz CT molecular complexity index is 880. The number of nitrogens with zero attached hydrogens (tertiary/aromatic N) is 1. The summed E-state index contributed by atoms with van der Waals surface area (Å²) < 4.78 is 24.6. The Morgan fingerprint density at radius 1 is 0.862 bits per heavy atom. The van der Waals surface area contributed by atoms with Gasteiger partial charge in [0.15, 0.2) is 0 Å². The molecular weight excluding hydrogens is 367 g/mol. The van der Waals surface area contributed by atoms with E-state index in [4.69, 9.17) is 9.47 Å². The molecule has 0 fully saturated rings. The first-order chi connectivity index (χ1) is 14.1. The number of hydrogen-bond acceptors (Lipinski definition) is 4. The van der Waals surface area contributed by atoms with E-state index in [0.29, 0.717) is 18.0 Å². The zero-order valence-electron chi connectivity index (χ0n) is 16.9. The monoisotopic (exact) mass is 394 g/mol. The highest BCUT2D eigenvalue weighted by molar-refractivity contribution is 5.49. The van der Waals surface area contributed by atoms with Gasteiger partial charge < -0.3 is 19.7 Å². The summed E-state index contributed by atoms with van der Waals surface area (Å²) in [6, 6.07) is 21.8. The predicted octanol–water partition coefficient (Wildman–Crippen LogP) is 5.56. The molecule has 152 valence electrons. The van der Waals surface area contributed by atoms with Gasteiger partial charge in [-0.15, -0.1) is 0 Å². The van der Waals surface area contributed by atoms with E-state index in [1.54, 1.807) is 12.1 Å². The summed E-state index contributed by atoms with van der Waals surface area (Å²) >= 11 is 0. The molecule has 29 heavy (non-hydrogen) atoms. The van der Waals surface area contributed by atoms with Crippen LogP contribution < -0.4 is 14.8 Å². The van der Waals surface area contributed by atoms with Crippen LogP contribution in [0.25, 0.3) is 0 Å². The van der Waals surface area contributed by atoms with Crippen molar-refractivity contribution in [1.82, 2.24) is 4.90 Å². The molecule has 0 aromatic heterocycles. The minimum absolute atomic E-state index is 0.280. The molecule has 4 nitrogen and oxygen atoms in total. The van der Waals surface area contributed by atoms with Crippen molar-refractivity contribution in [2.75, 3.05) is 32.6 Å². The lowest BCUT2D eigenvalue weighted by Gasteiger charge is -2.12. The molecule has 0 aliphatic carbocycles. The lowest BCUT2D eigenvalue weighted by atomic mass is 10.2. The minimum Gasteiger partial charge on any atom is -0.494 e. The number of anilines is 1. The second-order valence-corrected chi connectivity index (χ2v) is 7.09. The molecule has 1 N–H and O–H groups in total. The zero-order valence-corrected chi connectivity index (χ0v) is 16.9. The van der Waals surface area contributed by atoms with Gasteiger partial charge in [0.2, 0.25) is 0 Å². The van der Waals surface area contributed by atoms with E-state index in [1.807, 2.05) is 36.4 Å². The van der Waals surface area contributed by atoms with Crippen molar-refractivity contribution in [2.24, 2.45) is 0 Å². The number of rotatable bonds is 10. The standard InChI is InChI=1S/C24H27FN2O2/c1-27(2)15-4-16-28-22-11-7-19(8-12-22)18-26-21-5-3-6-24(17-21)29-23-13-9-20(25)10-14-23/h3,5-14,17,26H,4,15-16,18H2,1-2H3. The number of ether oxygens (including phenoxy) is 2. The van der Waals surface area contributed by atoms with Crippen molar-refractivity contribution < 1.29 is 13.9 Å². The summed E-state index contributed by atoms with van der Waals surface area (Å²) in [5.74, 6) is 1.91. The van der Waals surface area contributed by atoms with E-state index < -0.39 is 0 Å². The Morgan fingerprint density at radius 2 is 1.59 bits per heavy atom. The van der Waals surface area contributed by atoms with Crippen molar-refractivity contribution in [3.8, 4) is 17.2 Å². The molecule has 0 amide bonds. The number of hydrogen-bond donors (Lipinski definition) is 1. The SMILES string of the molecule is CN(C)CCCOc1ccc(CNc2cccc(Oc3ccc(F)cc3)c2)cc1. The summed E-state index contributed by atoms with van der Waals surface area (Å²) in [7, 11) is 4.12. The highest BCUT2D eigenvalue weighted by Crippen LogP contribution is 2.24. The maximum atomic E-state index is 13.0. The molecule has 3 rings (SSSR count). The van der Waals surface area contributed by atoms with Crippen LogP contribution in [0.15, 0.2) is 72.8 Å². The zero-order chi connectivity index (χ0) is 20.5. The van der Waals surface area contributed by atoms with Gasteiger partial charge in [-0.1, -0.05) is 18.2 Å². The van der Waals surface area contributed by atoms with Crippen molar-refractivity contribution in [3.05, 3.63) is 84.2 Å². The fourth-order valence-corrected chi connectivity index (χ4v) is 2.79. The van der Waals surface area contributed by atoms with Gasteiger partial charge in [0, 0.05) is 24.8 Å². The van der Waals surface area contributed by atoms with Crippen molar-refractivity contribution >= 4 is 5.69 Å². The smallest absolute Gasteiger partial charge is 0.129 e. The third-order valence-electron chi connectivity index (χ3n) is 4.32. The molecule has 0 spiro atoms. The van der Waals surface area contributed by atoms with Crippen molar-refractivity contribution in [1.29, 1.82) is 0 Å². The first-order valence-electron chi connectivity index (χ1n) is 9.72. The average molecular weight is 394 g/mol. The van der Waals surface area contributed by atoms with Gasteiger partial charge in [-0.3, -0.25) is 0 Å². The first kappa shape index (κ1) is 20.7. The Morgan fingerprint density at radius 3 is 2.31 bits per heavy atom. The third-order valence-corrected chi connectivity index (χ3v) is 4.32. The Hall–Kier alpha value is -3.05. The molecule has 3 aromatic carbocycles. The van der Waals surface area contributed by atoms with Gasteiger partial charge in [0.1, 0.15) is 23.1 Å². The van der Waals surface area contributed by atoms with Gasteiger partial charge in [-0.2, -0.15) is 0 Å². The lowest BCUT2D eigenvalue weighted by molar-refractivity contribution is 0.281. The molecular formula is C24H27FN2O2. The number of halogens is 1. The largest absolute Gasteiger partial charge is 0.494 e. The normalized spacial score (nSPS) is 10.8. The second kappa shape index (κ2) is 10.5. The fraction of sp³-hybridized carbons (Fsp3) is 0.250. The van der Waals surface area contributed by atoms with Gasteiger partial charge in [0.05, 0.1) is 6.61 Å². The predicted molar refractivity (Wildman–Crippen MR) is 115 cm³/mol. The van der Waals surface area contributed by atoms with Crippen LogP contribution in [-0.4, -0.2) is 32.1 Å². The highest BCUT2D eigenvalue weighted by atomic mass is 19.1. The number of nitrogens with one attached hydrogen (secondary N) is 1. The van der Waals surface area contributed by atoms with E-state index in [1.165, 1.54) is 12.1 Å². The maximum absolute atomic E-state index is 13.0. The molecule has 5 heteroatoms. The third kappa shape index (κ3) is 7.12. The highest BCUT2D eigenvalue weighted by Gasteiger charge is 2.01. The van der Waals surface area contributed by atoms with Crippen LogP contribution in [0.1, 0.15) is 12.0 Å². The van der Waals surface area contributed by atoms with Gasteiger partial charge in [-0.25, -0.2) is 4.39 Å². The lowest BCUT2D eigenvalue weighted by Crippen LogP contribution is -2.15. The van der Waals surface area contributed by atoms with E-state index in [9.17, 15) is 4.39 Å². The van der Waals surface area contributed by atoms with E-state index >= 15 is 0 Å². The molecule has 0 atom stereocenters. The van der Waals surface area contributed by atoms with Crippen LogP contribution in [0.3, 0.4) is 0 Å². The molecule has 0 heterocycles. The van der Waals surface area contributed by atoms with Crippen LogP contribution in [0.5, 0.6) is 17.2 Å². The first-order valence-corrected chi connectivity index (χ1v) is 9.72. The van der Waals surface area contributed by atoms with Gasteiger partial charge in [0.25, 0.3) is 0 Å². The maximum Gasteiger partial charge on any atom is 0.129 e. The Labute approximate surface area is 171 Å². The molecule has 0 bridgehead atoms. The van der Waals surface area contributed by atoms with E-state index in [0.717, 1.165) is 36.6 Å². The molecule has 0 unspecified atom stereocenters. The Kier molecular flexibility index (Phi) is 7.47. The minimum atomic E-state index is -0.280. The molecule has 0 aliphatic rings. The summed E-state index contributed by atoms with van der Waals surface area (Å²) in [6.45, 7) is 2.43. The van der Waals surface area contributed by atoms with Crippen LogP contribution in [0.2, 0.25) is 0 Å². The van der Waals surface area contributed by atoms with Gasteiger partial charge in [-0.05, 0) is 74.6 Å². The molecule has 0 radical (unpaired) electrons. The quantitative estimate of drug-likeness (QED) is 0.457. The van der Waals surface area contributed by atoms with E-state index in [-0.39, 0.29) is 5.82 Å². The van der Waals surface area contributed by atoms with Crippen LogP contribution in [-0.2, 0) is 6.54 Å². The summed E-state index contributed by atoms with van der Waals surface area (Å²) in [6.07, 6.45) is 1.01. The van der Waals surface area contributed by atoms with Crippen LogP contribution in [0.4, 0.5) is 10.1 Å². The molecule has 3 aromatic rings. The van der Waals surface area contributed by atoms with Crippen LogP contribution >= 0.6 is 0 Å². The molecule has 0 saturated carbocycles. The Balaban J connectivity index is 1.49. The summed E-state index contributed by atoms with van der Waals surface area (Å²) in [5.41, 5.74) is 2.11.